The van der Waals surface area contributed by atoms with Gasteiger partial charge in [-0.1, -0.05) is 59.7 Å². The molecule has 0 aliphatic rings. The Morgan fingerprint density at radius 3 is 1.84 bits per heavy atom. The van der Waals surface area contributed by atoms with Gasteiger partial charge in [0.2, 0.25) is 8.32 Å². The summed E-state index contributed by atoms with van der Waals surface area (Å²) in [5.41, 5.74) is 3.26. The first-order chi connectivity index (χ1) is 8.82. The molecule has 3 heteroatoms. The van der Waals surface area contributed by atoms with Crippen molar-refractivity contribution in [2.45, 2.75) is 64.8 Å². The van der Waals surface area contributed by atoms with E-state index in [1.165, 1.54) is 9.13 Å². The normalized spacial score (nSPS) is 12.7. The quantitative estimate of drug-likeness (QED) is 0.429. The highest BCUT2D eigenvalue weighted by Crippen LogP contribution is 2.42. The Bertz CT molecular complexity index is 380. The number of rotatable bonds is 6. The van der Waals surface area contributed by atoms with Crippen molar-refractivity contribution in [3.05, 3.63) is 33.4 Å². The van der Waals surface area contributed by atoms with E-state index in [9.17, 15) is 0 Å². The molecule has 0 fully saturated rings. The Kier molecular flexibility index (Phi) is 6.53. The minimum absolute atomic E-state index is 0.647. The molecule has 0 saturated heterocycles. The van der Waals surface area contributed by atoms with E-state index in [0.717, 1.165) is 6.61 Å². The van der Waals surface area contributed by atoms with Crippen molar-refractivity contribution in [1.29, 1.82) is 0 Å². The maximum absolute atomic E-state index is 6.62. The Morgan fingerprint density at radius 2 is 1.42 bits per heavy atom. The molecule has 0 atom stereocenters. The molecule has 108 valence electrons. The predicted octanol–water partition coefficient (Wildman–Crippen LogP) is 5.98. The van der Waals surface area contributed by atoms with E-state index in [0.29, 0.717) is 16.6 Å². The second kappa shape index (κ2) is 7.23. The van der Waals surface area contributed by atoms with Crippen LogP contribution in [0.25, 0.3) is 0 Å². The summed E-state index contributed by atoms with van der Waals surface area (Å²) in [5.74, 6) is 0. The van der Waals surface area contributed by atoms with E-state index in [4.69, 9.17) is 4.43 Å². The standard InChI is InChI=1S/C16H27IOSi/c1-12(2)19(13(3)4,14(5)6)18-11-15-9-7-8-10-16(15)17/h7-10,12-14H,11H2,1-6H3. The summed E-state index contributed by atoms with van der Waals surface area (Å²) >= 11 is 2.40. The molecule has 0 aliphatic carbocycles. The first-order valence-corrected chi connectivity index (χ1v) is 10.4. The van der Waals surface area contributed by atoms with Crippen LogP contribution >= 0.6 is 22.6 Å². The van der Waals surface area contributed by atoms with E-state index >= 15 is 0 Å². The zero-order valence-electron chi connectivity index (χ0n) is 13.0. The molecule has 0 heterocycles. The van der Waals surface area contributed by atoms with Crippen LogP contribution in [0.1, 0.15) is 47.1 Å². The third kappa shape index (κ3) is 3.82. The van der Waals surface area contributed by atoms with E-state index in [1.807, 2.05) is 0 Å². The van der Waals surface area contributed by atoms with Crippen LogP contribution in [0.3, 0.4) is 0 Å². The van der Waals surface area contributed by atoms with Crippen LogP contribution in [0.5, 0.6) is 0 Å². The van der Waals surface area contributed by atoms with Crippen molar-refractivity contribution < 1.29 is 4.43 Å². The van der Waals surface area contributed by atoms with E-state index < -0.39 is 8.32 Å². The van der Waals surface area contributed by atoms with E-state index in [-0.39, 0.29) is 0 Å². The van der Waals surface area contributed by atoms with Crippen molar-refractivity contribution in [1.82, 2.24) is 0 Å². The molecular weight excluding hydrogens is 363 g/mol. The Morgan fingerprint density at radius 1 is 0.947 bits per heavy atom. The van der Waals surface area contributed by atoms with Gasteiger partial charge in [-0.05, 0) is 50.8 Å². The molecule has 0 radical (unpaired) electrons. The zero-order valence-corrected chi connectivity index (χ0v) is 16.2. The first-order valence-electron chi connectivity index (χ1n) is 7.19. The van der Waals surface area contributed by atoms with Gasteiger partial charge in [-0.25, -0.2) is 0 Å². The van der Waals surface area contributed by atoms with Crippen LogP contribution < -0.4 is 0 Å². The second-order valence-electron chi connectivity index (χ2n) is 6.20. The zero-order chi connectivity index (χ0) is 14.6. The lowest BCUT2D eigenvalue weighted by molar-refractivity contribution is 0.265. The largest absolute Gasteiger partial charge is 0.412 e. The fourth-order valence-corrected chi connectivity index (χ4v) is 9.27. The van der Waals surface area contributed by atoms with E-state index in [1.54, 1.807) is 0 Å². The molecular formula is C16H27IOSi. The topological polar surface area (TPSA) is 9.23 Å². The van der Waals surface area contributed by atoms with Crippen LogP contribution in [0, 0.1) is 3.57 Å². The smallest absolute Gasteiger partial charge is 0.200 e. The van der Waals surface area contributed by atoms with Crippen LogP contribution in [-0.2, 0) is 11.0 Å². The van der Waals surface area contributed by atoms with Gasteiger partial charge >= 0.3 is 0 Å². The van der Waals surface area contributed by atoms with Gasteiger partial charge in [-0.15, -0.1) is 0 Å². The van der Waals surface area contributed by atoms with Crippen LogP contribution in [-0.4, -0.2) is 8.32 Å². The van der Waals surface area contributed by atoms with Crippen molar-refractivity contribution >= 4 is 30.9 Å². The lowest BCUT2D eigenvalue weighted by Crippen LogP contribution is -2.47. The fraction of sp³-hybridized carbons (Fsp3) is 0.625. The third-order valence-corrected chi connectivity index (χ3v) is 11.3. The van der Waals surface area contributed by atoms with Gasteiger partial charge in [0.15, 0.2) is 0 Å². The minimum atomic E-state index is -1.74. The van der Waals surface area contributed by atoms with Gasteiger partial charge in [0.05, 0.1) is 6.61 Å². The van der Waals surface area contributed by atoms with Gasteiger partial charge in [0.25, 0.3) is 0 Å². The fourth-order valence-electron chi connectivity index (χ4n) is 3.32. The van der Waals surface area contributed by atoms with Gasteiger partial charge in [0, 0.05) is 3.57 Å². The molecule has 0 amide bonds. The molecule has 1 nitrogen and oxygen atoms in total. The SMILES string of the molecule is CC(C)[Si](OCc1ccccc1I)(C(C)C)C(C)C. The summed E-state index contributed by atoms with van der Waals surface area (Å²) in [6.07, 6.45) is 0. The second-order valence-corrected chi connectivity index (χ2v) is 12.8. The Labute approximate surface area is 133 Å². The molecule has 19 heavy (non-hydrogen) atoms. The average Bonchev–Trinajstić information content (AvgIpc) is 2.30. The average molecular weight is 390 g/mol. The molecule has 0 saturated carbocycles. The molecule has 1 aromatic carbocycles. The molecule has 0 bridgehead atoms. The van der Waals surface area contributed by atoms with Gasteiger partial charge in [-0.2, -0.15) is 0 Å². The minimum Gasteiger partial charge on any atom is -0.412 e. The van der Waals surface area contributed by atoms with Crippen molar-refractivity contribution in [3.63, 3.8) is 0 Å². The summed E-state index contributed by atoms with van der Waals surface area (Å²) in [6.45, 7) is 14.8. The molecule has 1 rings (SSSR count). The van der Waals surface area contributed by atoms with Gasteiger partial charge in [-0.3, -0.25) is 0 Å². The van der Waals surface area contributed by atoms with Crippen LogP contribution in [0.15, 0.2) is 24.3 Å². The molecule has 0 N–H and O–H groups in total. The summed E-state index contributed by atoms with van der Waals surface area (Å²) in [5, 5.41) is 0. The van der Waals surface area contributed by atoms with Crippen molar-refractivity contribution in [2.24, 2.45) is 0 Å². The molecule has 0 unspecified atom stereocenters. The molecule has 0 aromatic heterocycles. The van der Waals surface area contributed by atoms with E-state index in [2.05, 4.69) is 88.4 Å². The highest BCUT2D eigenvalue weighted by Gasteiger charge is 2.44. The summed E-state index contributed by atoms with van der Waals surface area (Å²) < 4.78 is 7.92. The lowest BCUT2D eigenvalue weighted by atomic mass is 10.2. The first kappa shape index (κ1) is 17.2. The van der Waals surface area contributed by atoms with Crippen molar-refractivity contribution in [2.75, 3.05) is 0 Å². The summed E-state index contributed by atoms with van der Waals surface area (Å²) in [4.78, 5) is 0. The van der Waals surface area contributed by atoms with Gasteiger partial charge < -0.3 is 4.43 Å². The Balaban J connectivity index is 2.94. The summed E-state index contributed by atoms with van der Waals surface area (Å²) in [6, 6.07) is 8.53. The highest BCUT2D eigenvalue weighted by atomic mass is 127. The number of benzene rings is 1. The summed E-state index contributed by atoms with van der Waals surface area (Å²) in [7, 11) is -1.74. The van der Waals surface area contributed by atoms with Gasteiger partial charge in [0.1, 0.15) is 0 Å². The molecule has 0 aliphatic heterocycles. The lowest BCUT2D eigenvalue weighted by Gasteiger charge is -2.42. The maximum Gasteiger partial charge on any atom is 0.200 e. The third-order valence-electron chi connectivity index (χ3n) is 4.14. The van der Waals surface area contributed by atoms with Crippen LogP contribution in [0.4, 0.5) is 0 Å². The number of hydrogen-bond acceptors (Lipinski definition) is 1. The van der Waals surface area contributed by atoms with Crippen LogP contribution in [0.2, 0.25) is 16.6 Å². The maximum atomic E-state index is 6.62. The Hall–Kier alpha value is 0.127. The number of hydrogen-bond donors (Lipinski definition) is 0. The highest BCUT2D eigenvalue weighted by molar-refractivity contribution is 14.1. The van der Waals surface area contributed by atoms with Crippen molar-refractivity contribution in [3.8, 4) is 0 Å². The monoisotopic (exact) mass is 390 g/mol. The predicted molar refractivity (Wildman–Crippen MR) is 95.0 cm³/mol. The molecule has 0 spiro atoms. The molecule has 1 aromatic rings. The number of halogens is 1.